The zero-order valence-corrected chi connectivity index (χ0v) is 19.9. The molecule has 0 aromatic carbocycles. The van der Waals surface area contributed by atoms with E-state index in [1.165, 1.54) is 0 Å². The van der Waals surface area contributed by atoms with Crippen LogP contribution in [0.2, 0.25) is 0 Å². The maximum atomic E-state index is 10.3. The van der Waals surface area contributed by atoms with Crippen molar-refractivity contribution in [3.05, 3.63) is 0 Å². The zero-order chi connectivity index (χ0) is 24.1. The molecule has 3 heterocycles. The third-order valence-electron chi connectivity index (χ3n) is 4.83. The summed E-state index contributed by atoms with van der Waals surface area (Å²) >= 11 is 0. The number of piperidine rings is 3. The molecule has 13 N–H and O–H groups in total. The molecule has 0 aromatic rings. The van der Waals surface area contributed by atoms with Crippen LogP contribution in [0.25, 0.3) is 0 Å². The van der Waals surface area contributed by atoms with E-state index in [0.717, 1.165) is 91.6 Å². The normalized spacial score (nSPS) is 23.1. The van der Waals surface area contributed by atoms with E-state index in [-0.39, 0.29) is 29.8 Å². The standard InChI is InChI=1S/3C6H11NO2.2CH4O.H3N.H2O/c3*8-6(9)5-3-1-2-4-7-5;2*1-2;;/h3*5,7H,1-4H2,(H,8,9);2*2H,1H3;1H3;1H2. The Morgan fingerprint density at radius 1 is 0.545 bits per heavy atom. The summed E-state index contributed by atoms with van der Waals surface area (Å²) in [5.74, 6) is -2.14. The molecule has 33 heavy (non-hydrogen) atoms. The second-order valence-corrected chi connectivity index (χ2v) is 7.02. The molecule has 13 heteroatoms. The SMILES string of the molecule is CO.CO.N.O.O=C(O)C1CCCCN1.O=C(O)C1CCCCN1.O=C(O)C1CCCCN1. The van der Waals surface area contributed by atoms with Gasteiger partial charge in [-0.3, -0.25) is 14.4 Å². The van der Waals surface area contributed by atoms with Gasteiger partial charge in [0, 0.05) is 14.2 Å². The van der Waals surface area contributed by atoms with E-state index in [2.05, 4.69) is 16.0 Å². The van der Waals surface area contributed by atoms with E-state index in [4.69, 9.17) is 25.5 Å². The molecule has 3 atom stereocenters. The van der Waals surface area contributed by atoms with Gasteiger partial charge < -0.3 is 53.1 Å². The molecular weight excluding hydrogens is 440 g/mol. The Kier molecular flexibility index (Phi) is 30.7. The minimum atomic E-state index is -0.713. The van der Waals surface area contributed by atoms with Gasteiger partial charge in [-0.2, -0.15) is 0 Å². The first-order valence-electron chi connectivity index (χ1n) is 10.7. The predicted molar refractivity (Wildman–Crippen MR) is 125 cm³/mol. The van der Waals surface area contributed by atoms with Gasteiger partial charge in [0.1, 0.15) is 18.1 Å². The topological polar surface area (TPSA) is 255 Å². The second kappa shape index (κ2) is 26.4. The Bertz CT molecular complexity index is 400. The molecule has 3 aliphatic heterocycles. The minimum absolute atomic E-state index is 0. The highest BCUT2D eigenvalue weighted by Gasteiger charge is 2.19. The molecule has 13 nitrogen and oxygen atoms in total. The number of hydrogen-bond donors (Lipinski definition) is 9. The van der Waals surface area contributed by atoms with E-state index in [9.17, 15) is 14.4 Å². The highest BCUT2D eigenvalue weighted by molar-refractivity contribution is 5.74. The fourth-order valence-electron chi connectivity index (χ4n) is 3.19. The van der Waals surface area contributed by atoms with Gasteiger partial charge in [0.2, 0.25) is 0 Å². The fourth-order valence-corrected chi connectivity index (χ4v) is 3.19. The van der Waals surface area contributed by atoms with Gasteiger partial charge in [0.25, 0.3) is 0 Å². The Morgan fingerprint density at radius 2 is 0.758 bits per heavy atom. The van der Waals surface area contributed by atoms with E-state index in [1.54, 1.807) is 0 Å². The molecule has 3 fully saturated rings. The van der Waals surface area contributed by atoms with E-state index >= 15 is 0 Å². The van der Waals surface area contributed by atoms with E-state index in [1.807, 2.05) is 0 Å². The molecule has 0 radical (unpaired) electrons. The minimum Gasteiger partial charge on any atom is -0.480 e. The van der Waals surface area contributed by atoms with Crippen molar-refractivity contribution in [2.75, 3.05) is 33.9 Å². The average Bonchev–Trinajstić information content (AvgIpc) is 2.84. The summed E-state index contributed by atoms with van der Waals surface area (Å²) in [6, 6.07) is -0.837. The van der Waals surface area contributed by atoms with Crippen molar-refractivity contribution in [2.45, 2.75) is 75.9 Å². The van der Waals surface area contributed by atoms with Crippen LogP contribution in [0.3, 0.4) is 0 Å². The Balaban J connectivity index is -0.000000172. The lowest BCUT2D eigenvalue weighted by Crippen LogP contribution is -2.40. The molecule has 0 saturated carbocycles. The summed E-state index contributed by atoms with van der Waals surface area (Å²) in [6.45, 7) is 2.57. The van der Waals surface area contributed by atoms with Crippen molar-refractivity contribution in [3.63, 3.8) is 0 Å². The number of aliphatic hydroxyl groups is 2. The van der Waals surface area contributed by atoms with Gasteiger partial charge in [0.05, 0.1) is 0 Å². The van der Waals surface area contributed by atoms with Gasteiger partial charge in [0.15, 0.2) is 0 Å². The van der Waals surface area contributed by atoms with E-state index < -0.39 is 17.9 Å². The highest BCUT2D eigenvalue weighted by Crippen LogP contribution is 2.07. The number of carboxylic acid groups (broad SMARTS) is 3. The predicted octanol–water partition coefficient (Wildman–Crippen LogP) is -0.806. The van der Waals surface area contributed by atoms with Crippen LogP contribution in [-0.2, 0) is 14.4 Å². The molecule has 3 saturated heterocycles. The van der Waals surface area contributed by atoms with Crippen LogP contribution >= 0.6 is 0 Å². The van der Waals surface area contributed by atoms with Crippen molar-refractivity contribution in [1.29, 1.82) is 0 Å². The van der Waals surface area contributed by atoms with Gasteiger partial charge in [-0.15, -0.1) is 0 Å². The lowest BCUT2D eigenvalue weighted by Gasteiger charge is -2.18. The Labute approximate surface area is 195 Å². The molecule has 0 aliphatic carbocycles. The number of aliphatic carboxylic acids is 3. The van der Waals surface area contributed by atoms with Crippen LogP contribution in [0, 0.1) is 0 Å². The summed E-state index contributed by atoms with van der Waals surface area (Å²) in [6.07, 6.45) is 8.84. The largest absolute Gasteiger partial charge is 0.480 e. The molecule has 0 aromatic heterocycles. The monoisotopic (exact) mass is 486 g/mol. The maximum Gasteiger partial charge on any atom is 0.320 e. The van der Waals surface area contributed by atoms with Crippen molar-refractivity contribution >= 4 is 17.9 Å². The molecule has 3 unspecified atom stereocenters. The summed E-state index contributed by atoms with van der Waals surface area (Å²) in [5.41, 5.74) is 0. The van der Waals surface area contributed by atoms with Crippen molar-refractivity contribution < 1.29 is 45.4 Å². The van der Waals surface area contributed by atoms with Gasteiger partial charge in [-0.1, -0.05) is 19.3 Å². The van der Waals surface area contributed by atoms with Crippen LogP contribution in [-0.4, -0.2) is 101 Å². The molecule has 0 bridgehead atoms. The third kappa shape index (κ3) is 20.5. The number of aliphatic hydroxyl groups excluding tert-OH is 2. The van der Waals surface area contributed by atoms with E-state index in [0.29, 0.717) is 0 Å². The summed E-state index contributed by atoms with van der Waals surface area (Å²) in [5, 5.41) is 48.2. The zero-order valence-electron chi connectivity index (χ0n) is 19.9. The first-order valence-corrected chi connectivity index (χ1v) is 10.7. The van der Waals surface area contributed by atoms with Crippen LogP contribution in [0.5, 0.6) is 0 Å². The van der Waals surface area contributed by atoms with Gasteiger partial charge in [-0.25, -0.2) is 0 Å². The first kappa shape index (κ1) is 38.4. The first-order chi connectivity index (χ1) is 14.9. The molecule has 3 aliphatic rings. The number of rotatable bonds is 3. The molecular formula is C20H46N4O9. The number of nitrogens with one attached hydrogen (secondary N) is 3. The van der Waals surface area contributed by atoms with Gasteiger partial charge in [-0.05, 0) is 58.2 Å². The van der Waals surface area contributed by atoms with Crippen LogP contribution < -0.4 is 22.1 Å². The second-order valence-electron chi connectivity index (χ2n) is 7.02. The summed E-state index contributed by atoms with van der Waals surface area (Å²) in [7, 11) is 2.00. The number of hydrogen-bond acceptors (Lipinski definition) is 9. The molecule has 0 amide bonds. The molecule has 0 spiro atoms. The smallest absolute Gasteiger partial charge is 0.320 e. The number of carboxylic acids is 3. The maximum absolute atomic E-state index is 10.3. The fraction of sp³-hybridized carbons (Fsp3) is 0.850. The summed E-state index contributed by atoms with van der Waals surface area (Å²) in [4.78, 5) is 30.9. The van der Waals surface area contributed by atoms with Crippen LogP contribution in [0.15, 0.2) is 0 Å². The third-order valence-corrected chi connectivity index (χ3v) is 4.83. The highest BCUT2D eigenvalue weighted by atomic mass is 16.4. The summed E-state index contributed by atoms with van der Waals surface area (Å²) < 4.78 is 0. The van der Waals surface area contributed by atoms with Crippen molar-refractivity contribution in [2.24, 2.45) is 0 Å². The Hall–Kier alpha value is -1.87. The Morgan fingerprint density at radius 3 is 0.848 bits per heavy atom. The van der Waals surface area contributed by atoms with Crippen molar-refractivity contribution in [1.82, 2.24) is 22.1 Å². The lowest BCUT2D eigenvalue weighted by molar-refractivity contribution is -0.141. The van der Waals surface area contributed by atoms with Crippen molar-refractivity contribution in [3.8, 4) is 0 Å². The number of carbonyl (C=O) groups is 3. The average molecular weight is 487 g/mol. The van der Waals surface area contributed by atoms with Gasteiger partial charge >= 0.3 is 17.9 Å². The molecule has 200 valence electrons. The van der Waals surface area contributed by atoms with Crippen LogP contribution in [0.4, 0.5) is 0 Å². The quantitative estimate of drug-likeness (QED) is 0.237. The van der Waals surface area contributed by atoms with Crippen LogP contribution in [0.1, 0.15) is 57.8 Å². The lowest BCUT2D eigenvalue weighted by atomic mass is 10.1. The molecule has 3 rings (SSSR count).